The number of nitrogens with one attached hydrogen (secondary N) is 2. The fourth-order valence-electron chi connectivity index (χ4n) is 2.11. The van der Waals surface area contributed by atoms with E-state index in [1.807, 2.05) is 12.1 Å². The van der Waals surface area contributed by atoms with Gasteiger partial charge in [-0.2, -0.15) is 0 Å². The Bertz CT molecular complexity index is 319. The Kier molecular flexibility index (Phi) is 4.05. The van der Waals surface area contributed by atoms with Crippen molar-refractivity contribution in [1.82, 2.24) is 5.32 Å². The second-order valence-corrected chi connectivity index (χ2v) is 4.25. The molecule has 2 rings (SSSR count). The van der Waals surface area contributed by atoms with Crippen molar-refractivity contribution in [3.05, 3.63) is 24.3 Å². The maximum absolute atomic E-state index is 5.22. The van der Waals surface area contributed by atoms with Gasteiger partial charge in [0.1, 0.15) is 5.75 Å². The zero-order valence-electron chi connectivity index (χ0n) is 9.83. The van der Waals surface area contributed by atoms with Gasteiger partial charge >= 0.3 is 0 Å². The van der Waals surface area contributed by atoms with Gasteiger partial charge in [0.15, 0.2) is 0 Å². The van der Waals surface area contributed by atoms with E-state index in [-0.39, 0.29) is 0 Å². The van der Waals surface area contributed by atoms with E-state index in [0.717, 1.165) is 24.5 Å². The van der Waals surface area contributed by atoms with Crippen LogP contribution >= 0.6 is 0 Å². The summed E-state index contributed by atoms with van der Waals surface area (Å²) in [4.78, 5) is 0. The SMILES string of the molecule is COc1cccc(NC2CCCNCC2)c1. The first kappa shape index (κ1) is 11.3. The molecule has 16 heavy (non-hydrogen) atoms. The van der Waals surface area contributed by atoms with Gasteiger partial charge in [-0.05, 0) is 44.5 Å². The fourth-order valence-corrected chi connectivity index (χ4v) is 2.11. The molecule has 1 aromatic rings. The molecule has 0 amide bonds. The minimum absolute atomic E-state index is 0.585. The molecule has 1 saturated heterocycles. The minimum Gasteiger partial charge on any atom is -0.497 e. The van der Waals surface area contributed by atoms with Gasteiger partial charge in [0, 0.05) is 17.8 Å². The second-order valence-electron chi connectivity index (χ2n) is 4.25. The lowest BCUT2D eigenvalue weighted by Gasteiger charge is -2.17. The molecule has 1 aliphatic rings. The van der Waals surface area contributed by atoms with Crippen molar-refractivity contribution in [3.63, 3.8) is 0 Å². The third-order valence-corrected chi connectivity index (χ3v) is 3.02. The molecule has 0 aliphatic carbocycles. The van der Waals surface area contributed by atoms with Crippen molar-refractivity contribution in [3.8, 4) is 5.75 Å². The summed E-state index contributed by atoms with van der Waals surface area (Å²) in [5, 5.41) is 7.00. The van der Waals surface area contributed by atoms with Crippen molar-refractivity contribution in [2.24, 2.45) is 0 Å². The van der Waals surface area contributed by atoms with E-state index in [0.29, 0.717) is 6.04 Å². The van der Waals surface area contributed by atoms with Crippen molar-refractivity contribution in [2.75, 3.05) is 25.5 Å². The molecular formula is C13H20N2O. The first-order chi connectivity index (χ1) is 7.88. The number of benzene rings is 1. The van der Waals surface area contributed by atoms with Crippen molar-refractivity contribution < 1.29 is 4.74 Å². The first-order valence-corrected chi connectivity index (χ1v) is 6.00. The Morgan fingerprint density at radius 1 is 1.31 bits per heavy atom. The maximum Gasteiger partial charge on any atom is 0.120 e. The lowest BCUT2D eigenvalue weighted by Crippen LogP contribution is -2.21. The molecule has 1 heterocycles. The van der Waals surface area contributed by atoms with E-state index >= 15 is 0 Å². The monoisotopic (exact) mass is 220 g/mol. The molecule has 2 N–H and O–H groups in total. The van der Waals surface area contributed by atoms with Gasteiger partial charge in [-0.15, -0.1) is 0 Å². The van der Waals surface area contributed by atoms with Crippen molar-refractivity contribution in [2.45, 2.75) is 25.3 Å². The standard InChI is InChI=1S/C13H20N2O/c1-16-13-6-2-4-12(10-13)15-11-5-3-8-14-9-7-11/h2,4,6,10-11,14-15H,3,5,7-9H2,1H3. The molecule has 0 bridgehead atoms. The highest BCUT2D eigenvalue weighted by Gasteiger charge is 2.11. The third kappa shape index (κ3) is 3.14. The van der Waals surface area contributed by atoms with E-state index < -0.39 is 0 Å². The van der Waals surface area contributed by atoms with Crippen LogP contribution in [0.5, 0.6) is 5.75 Å². The highest BCUT2D eigenvalue weighted by atomic mass is 16.5. The highest BCUT2D eigenvalue weighted by Crippen LogP contribution is 2.19. The summed E-state index contributed by atoms with van der Waals surface area (Å²) in [7, 11) is 1.70. The van der Waals surface area contributed by atoms with Crippen LogP contribution < -0.4 is 15.4 Å². The first-order valence-electron chi connectivity index (χ1n) is 6.00. The predicted molar refractivity (Wildman–Crippen MR) is 67.1 cm³/mol. The summed E-state index contributed by atoms with van der Waals surface area (Å²) in [6, 6.07) is 8.73. The van der Waals surface area contributed by atoms with Gasteiger partial charge < -0.3 is 15.4 Å². The van der Waals surface area contributed by atoms with Crippen molar-refractivity contribution >= 4 is 5.69 Å². The number of methoxy groups -OCH3 is 1. The molecule has 3 nitrogen and oxygen atoms in total. The fraction of sp³-hybridized carbons (Fsp3) is 0.538. The zero-order valence-corrected chi connectivity index (χ0v) is 9.83. The molecule has 0 radical (unpaired) electrons. The van der Waals surface area contributed by atoms with Gasteiger partial charge in [-0.3, -0.25) is 0 Å². The molecule has 0 saturated carbocycles. The molecular weight excluding hydrogens is 200 g/mol. The Balaban J connectivity index is 1.96. The number of hydrogen-bond donors (Lipinski definition) is 2. The number of rotatable bonds is 3. The lowest BCUT2D eigenvalue weighted by molar-refractivity contribution is 0.415. The lowest BCUT2D eigenvalue weighted by atomic mass is 10.1. The highest BCUT2D eigenvalue weighted by molar-refractivity contribution is 5.48. The van der Waals surface area contributed by atoms with Gasteiger partial charge in [-0.1, -0.05) is 6.07 Å². The third-order valence-electron chi connectivity index (χ3n) is 3.02. The van der Waals surface area contributed by atoms with Crippen LogP contribution in [-0.2, 0) is 0 Å². The second kappa shape index (κ2) is 5.75. The van der Waals surface area contributed by atoms with E-state index in [2.05, 4.69) is 22.8 Å². The van der Waals surface area contributed by atoms with Crippen LogP contribution in [-0.4, -0.2) is 26.2 Å². The van der Waals surface area contributed by atoms with E-state index in [9.17, 15) is 0 Å². The Morgan fingerprint density at radius 2 is 2.25 bits per heavy atom. The average molecular weight is 220 g/mol. The molecule has 1 aromatic carbocycles. The maximum atomic E-state index is 5.22. The normalized spacial score (nSPS) is 21.2. The summed E-state index contributed by atoms with van der Waals surface area (Å²) in [5.41, 5.74) is 1.16. The predicted octanol–water partition coefficient (Wildman–Crippen LogP) is 2.25. The summed E-state index contributed by atoms with van der Waals surface area (Å²) in [6.07, 6.45) is 3.68. The Labute approximate surface area is 97.2 Å². The van der Waals surface area contributed by atoms with E-state index in [1.165, 1.54) is 19.3 Å². The molecule has 1 unspecified atom stereocenters. The van der Waals surface area contributed by atoms with Gasteiger partial charge in [0.25, 0.3) is 0 Å². The Morgan fingerprint density at radius 3 is 3.12 bits per heavy atom. The molecule has 1 atom stereocenters. The molecule has 1 aliphatic heterocycles. The Hall–Kier alpha value is -1.22. The number of hydrogen-bond acceptors (Lipinski definition) is 3. The van der Waals surface area contributed by atoms with Crippen molar-refractivity contribution in [1.29, 1.82) is 0 Å². The molecule has 88 valence electrons. The van der Waals surface area contributed by atoms with Crippen LogP contribution in [0.2, 0.25) is 0 Å². The molecule has 0 aromatic heterocycles. The average Bonchev–Trinajstić information content (AvgIpc) is 2.58. The molecule has 3 heteroatoms. The quantitative estimate of drug-likeness (QED) is 0.819. The van der Waals surface area contributed by atoms with Crippen LogP contribution in [0.1, 0.15) is 19.3 Å². The van der Waals surface area contributed by atoms with Crippen LogP contribution in [0, 0.1) is 0 Å². The zero-order chi connectivity index (χ0) is 11.2. The van der Waals surface area contributed by atoms with Crippen LogP contribution in [0.25, 0.3) is 0 Å². The van der Waals surface area contributed by atoms with Crippen LogP contribution in [0.4, 0.5) is 5.69 Å². The summed E-state index contributed by atoms with van der Waals surface area (Å²) < 4.78 is 5.22. The topological polar surface area (TPSA) is 33.3 Å². The summed E-state index contributed by atoms with van der Waals surface area (Å²) >= 11 is 0. The van der Waals surface area contributed by atoms with Gasteiger partial charge in [-0.25, -0.2) is 0 Å². The number of anilines is 1. The largest absolute Gasteiger partial charge is 0.497 e. The van der Waals surface area contributed by atoms with Crippen LogP contribution in [0.3, 0.4) is 0 Å². The summed E-state index contributed by atoms with van der Waals surface area (Å²) in [5.74, 6) is 0.914. The molecule has 0 spiro atoms. The molecule has 1 fully saturated rings. The van der Waals surface area contributed by atoms with Gasteiger partial charge in [0.05, 0.1) is 7.11 Å². The van der Waals surface area contributed by atoms with Gasteiger partial charge in [0.2, 0.25) is 0 Å². The van der Waals surface area contributed by atoms with E-state index in [1.54, 1.807) is 7.11 Å². The summed E-state index contributed by atoms with van der Waals surface area (Å²) in [6.45, 7) is 2.26. The smallest absolute Gasteiger partial charge is 0.120 e. The minimum atomic E-state index is 0.585. The van der Waals surface area contributed by atoms with Crippen LogP contribution in [0.15, 0.2) is 24.3 Å². The number of ether oxygens (including phenoxy) is 1. The van der Waals surface area contributed by atoms with E-state index in [4.69, 9.17) is 4.74 Å².